The van der Waals surface area contributed by atoms with E-state index in [2.05, 4.69) is 54.8 Å². The molecule has 0 amide bonds. The van der Waals surface area contributed by atoms with Crippen molar-refractivity contribution in [2.24, 2.45) is 0 Å². The number of hydrogen-bond acceptors (Lipinski definition) is 3. The molecule has 0 N–H and O–H groups in total. The highest BCUT2D eigenvalue weighted by Crippen LogP contribution is 2.39. The second-order valence-electron chi connectivity index (χ2n) is 12.2. The maximum absolute atomic E-state index is 13.6. The van der Waals surface area contributed by atoms with Crippen LogP contribution in [0.25, 0.3) is 72.8 Å². The number of halogens is 3. The molecule has 0 bridgehead atoms. The molecule has 0 aliphatic carbocycles. The van der Waals surface area contributed by atoms with E-state index in [0.717, 1.165) is 50.8 Å². The summed E-state index contributed by atoms with van der Waals surface area (Å²) in [7, 11) is 0. The average molecular weight is 647 g/mol. The predicted octanol–water partition coefficient (Wildman–Crippen LogP) is 11.3. The number of benzene rings is 6. The molecule has 8 rings (SSSR count). The predicted molar refractivity (Wildman–Crippen MR) is 190 cm³/mol. The van der Waals surface area contributed by atoms with Crippen molar-refractivity contribution in [3.05, 3.63) is 156 Å². The fourth-order valence-corrected chi connectivity index (χ4v) is 6.40. The van der Waals surface area contributed by atoms with E-state index in [1.54, 1.807) is 0 Å². The van der Waals surface area contributed by atoms with Crippen molar-refractivity contribution >= 4 is 21.8 Å². The van der Waals surface area contributed by atoms with Gasteiger partial charge in [0.15, 0.2) is 17.5 Å². The van der Waals surface area contributed by atoms with E-state index in [1.807, 2.05) is 78.9 Å². The lowest BCUT2D eigenvalue weighted by atomic mass is 9.97. The SMILES string of the molecule is Cc1ccc2c(c1)c1cc(C)ccc1n2-c1ccc(-c2ccc(C(F)(F)F)cc2)c(-c2nc(-c3ccccc3)nc(-c3ccccc3)n2)c1. The van der Waals surface area contributed by atoms with Gasteiger partial charge in [-0.3, -0.25) is 0 Å². The van der Waals surface area contributed by atoms with Gasteiger partial charge in [-0.1, -0.05) is 102 Å². The quantitative estimate of drug-likeness (QED) is 0.187. The van der Waals surface area contributed by atoms with Gasteiger partial charge in [0.2, 0.25) is 0 Å². The molecule has 0 radical (unpaired) electrons. The molecule has 2 aromatic heterocycles. The zero-order chi connectivity index (χ0) is 33.7. The van der Waals surface area contributed by atoms with Gasteiger partial charge in [-0.05, 0) is 73.5 Å². The molecular weight excluding hydrogens is 617 g/mol. The molecule has 238 valence electrons. The summed E-state index contributed by atoms with van der Waals surface area (Å²) in [5.41, 5.74) is 8.23. The second-order valence-corrected chi connectivity index (χ2v) is 12.2. The van der Waals surface area contributed by atoms with Gasteiger partial charge in [-0.2, -0.15) is 13.2 Å². The summed E-state index contributed by atoms with van der Waals surface area (Å²) in [4.78, 5) is 14.9. The van der Waals surface area contributed by atoms with Crippen molar-refractivity contribution in [1.82, 2.24) is 19.5 Å². The Kier molecular flexibility index (Phi) is 7.33. The Morgan fingerprint density at radius 1 is 0.469 bits per heavy atom. The van der Waals surface area contributed by atoms with Crippen LogP contribution in [0.3, 0.4) is 0 Å². The van der Waals surface area contributed by atoms with Crippen LogP contribution in [0.2, 0.25) is 0 Å². The summed E-state index contributed by atoms with van der Waals surface area (Å²) in [5.74, 6) is 1.41. The highest BCUT2D eigenvalue weighted by Gasteiger charge is 2.30. The van der Waals surface area contributed by atoms with Crippen molar-refractivity contribution < 1.29 is 13.2 Å². The van der Waals surface area contributed by atoms with Crippen LogP contribution in [-0.4, -0.2) is 19.5 Å². The fraction of sp³-hybridized carbons (Fsp3) is 0.0714. The third-order valence-electron chi connectivity index (χ3n) is 8.80. The summed E-state index contributed by atoms with van der Waals surface area (Å²) in [6, 6.07) is 43.5. The van der Waals surface area contributed by atoms with Gasteiger partial charge in [0.1, 0.15) is 0 Å². The van der Waals surface area contributed by atoms with Gasteiger partial charge < -0.3 is 4.57 Å². The summed E-state index contributed by atoms with van der Waals surface area (Å²) in [5, 5.41) is 2.29. The second kappa shape index (κ2) is 11.9. The maximum atomic E-state index is 13.6. The van der Waals surface area contributed by atoms with Crippen LogP contribution in [0.5, 0.6) is 0 Å². The smallest absolute Gasteiger partial charge is 0.309 e. The number of rotatable bonds is 5. The van der Waals surface area contributed by atoms with Crippen LogP contribution in [-0.2, 0) is 6.18 Å². The fourth-order valence-electron chi connectivity index (χ4n) is 6.40. The molecule has 2 heterocycles. The van der Waals surface area contributed by atoms with Crippen LogP contribution in [0.4, 0.5) is 13.2 Å². The number of alkyl halides is 3. The van der Waals surface area contributed by atoms with Crippen molar-refractivity contribution in [3.8, 4) is 51.0 Å². The lowest BCUT2D eigenvalue weighted by Gasteiger charge is -2.16. The lowest BCUT2D eigenvalue weighted by Crippen LogP contribution is -2.04. The van der Waals surface area contributed by atoms with Gasteiger partial charge >= 0.3 is 6.18 Å². The molecule has 0 aliphatic heterocycles. The molecule has 0 atom stereocenters. The lowest BCUT2D eigenvalue weighted by molar-refractivity contribution is -0.137. The molecule has 49 heavy (non-hydrogen) atoms. The van der Waals surface area contributed by atoms with Crippen molar-refractivity contribution in [2.75, 3.05) is 0 Å². The monoisotopic (exact) mass is 646 g/mol. The Labute approximate surface area is 281 Å². The summed E-state index contributed by atoms with van der Waals surface area (Å²) in [6.07, 6.45) is -4.44. The average Bonchev–Trinajstić information content (AvgIpc) is 3.44. The maximum Gasteiger partial charge on any atom is 0.416 e. The molecule has 0 saturated carbocycles. The third-order valence-corrected chi connectivity index (χ3v) is 8.80. The van der Waals surface area contributed by atoms with Crippen molar-refractivity contribution in [2.45, 2.75) is 20.0 Å². The molecule has 0 spiro atoms. The van der Waals surface area contributed by atoms with Crippen LogP contribution < -0.4 is 0 Å². The minimum Gasteiger partial charge on any atom is -0.309 e. The van der Waals surface area contributed by atoms with Gasteiger partial charge in [0.05, 0.1) is 16.6 Å². The Morgan fingerprint density at radius 3 is 1.49 bits per heavy atom. The third kappa shape index (κ3) is 5.63. The van der Waals surface area contributed by atoms with E-state index in [0.29, 0.717) is 34.2 Å². The molecule has 6 aromatic carbocycles. The van der Waals surface area contributed by atoms with Gasteiger partial charge in [0.25, 0.3) is 0 Å². The topological polar surface area (TPSA) is 43.6 Å². The van der Waals surface area contributed by atoms with Gasteiger partial charge in [0, 0.05) is 33.2 Å². The molecule has 0 saturated heterocycles. The zero-order valence-electron chi connectivity index (χ0n) is 26.7. The first-order valence-corrected chi connectivity index (χ1v) is 15.9. The molecule has 4 nitrogen and oxygen atoms in total. The number of fused-ring (bicyclic) bond motifs is 3. The first kappa shape index (κ1) is 30.3. The number of nitrogens with zero attached hydrogens (tertiary/aromatic N) is 4. The Hall–Kier alpha value is -6.08. The molecule has 8 aromatic rings. The highest BCUT2D eigenvalue weighted by atomic mass is 19.4. The molecule has 7 heteroatoms. The minimum atomic E-state index is -4.44. The van der Waals surface area contributed by atoms with Crippen LogP contribution in [0.15, 0.2) is 140 Å². The molecule has 0 fully saturated rings. The Balaban J connectivity index is 1.42. The van der Waals surface area contributed by atoms with Crippen LogP contribution in [0.1, 0.15) is 16.7 Å². The van der Waals surface area contributed by atoms with E-state index in [-0.39, 0.29) is 0 Å². The summed E-state index contributed by atoms with van der Waals surface area (Å²) < 4.78 is 42.9. The van der Waals surface area contributed by atoms with E-state index in [4.69, 9.17) is 15.0 Å². The van der Waals surface area contributed by atoms with E-state index in [9.17, 15) is 13.2 Å². The van der Waals surface area contributed by atoms with Crippen LogP contribution >= 0.6 is 0 Å². The van der Waals surface area contributed by atoms with Crippen molar-refractivity contribution in [1.29, 1.82) is 0 Å². The Bertz CT molecular complexity index is 2370. The van der Waals surface area contributed by atoms with E-state index < -0.39 is 11.7 Å². The Morgan fingerprint density at radius 2 is 0.980 bits per heavy atom. The zero-order valence-corrected chi connectivity index (χ0v) is 26.7. The highest BCUT2D eigenvalue weighted by molar-refractivity contribution is 6.10. The van der Waals surface area contributed by atoms with Crippen LogP contribution in [0, 0.1) is 13.8 Å². The van der Waals surface area contributed by atoms with Crippen molar-refractivity contribution in [3.63, 3.8) is 0 Å². The number of aryl methyl sites for hydroxylation is 2. The largest absolute Gasteiger partial charge is 0.416 e. The summed E-state index contributed by atoms with van der Waals surface area (Å²) in [6.45, 7) is 4.18. The van der Waals surface area contributed by atoms with E-state index >= 15 is 0 Å². The number of aromatic nitrogens is 4. The molecule has 0 unspecified atom stereocenters. The minimum absolute atomic E-state index is 0.414. The summed E-state index contributed by atoms with van der Waals surface area (Å²) >= 11 is 0. The van der Waals surface area contributed by atoms with E-state index in [1.165, 1.54) is 23.3 Å². The van der Waals surface area contributed by atoms with Gasteiger partial charge in [-0.25, -0.2) is 15.0 Å². The molecular formula is C42H29F3N4. The molecule has 0 aliphatic rings. The normalized spacial score (nSPS) is 11.8. The first-order chi connectivity index (χ1) is 23.7. The van der Waals surface area contributed by atoms with Gasteiger partial charge in [-0.15, -0.1) is 0 Å². The standard InChI is InChI=1S/C42H29F3N4/c1-26-13-21-37-34(23-26)35-24-27(2)14-22-38(35)49(37)32-19-20-33(28-15-17-31(18-16-28)42(43,44)45)36(25-32)41-47-39(29-9-5-3-6-10-29)46-40(48-41)30-11-7-4-8-12-30/h3-25H,1-2H3. The number of hydrogen-bond donors (Lipinski definition) is 0. The first-order valence-electron chi connectivity index (χ1n) is 15.9.